The molecule has 5 nitrogen and oxygen atoms in total. The van der Waals surface area contributed by atoms with E-state index < -0.39 is 0 Å². The minimum absolute atomic E-state index is 0.269. The van der Waals surface area contributed by atoms with E-state index in [0.717, 1.165) is 40.8 Å². The number of fused-ring (bicyclic) bond motifs is 3. The third-order valence-corrected chi connectivity index (χ3v) is 5.40. The first-order valence-corrected chi connectivity index (χ1v) is 9.87. The second-order valence-corrected chi connectivity index (χ2v) is 7.38. The first kappa shape index (κ1) is 18.7. The molecule has 6 heteroatoms. The van der Waals surface area contributed by atoms with Crippen molar-refractivity contribution in [3.05, 3.63) is 64.3 Å². The maximum Gasteiger partial charge on any atom is 0.410 e. The molecule has 1 unspecified atom stereocenters. The summed E-state index contributed by atoms with van der Waals surface area (Å²) in [7, 11) is 1.64. The van der Waals surface area contributed by atoms with Crippen molar-refractivity contribution in [1.82, 2.24) is 9.88 Å². The highest BCUT2D eigenvalue weighted by Gasteiger charge is 2.35. The van der Waals surface area contributed by atoms with Gasteiger partial charge in [-0.15, -0.1) is 0 Å². The number of rotatable bonds is 4. The number of aromatic nitrogens is 1. The molecule has 1 amide bonds. The highest BCUT2D eigenvalue weighted by molar-refractivity contribution is 6.31. The van der Waals surface area contributed by atoms with E-state index >= 15 is 0 Å². The average Bonchev–Trinajstić information content (AvgIpc) is 3.09. The quantitative estimate of drug-likeness (QED) is 0.646. The van der Waals surface area contributed by atoms with Crippen molar-refractivity contribution in [1.29, 1.82) is 0 Å². The Bertz CT molecular complexity index is 1010. The molecular formula is C22H23ClN2O3. The number of halogens is 1. The van der Waals surface area contributed by atoms with Crippen molar-refractivity contribution in [3.63, 3.8) is 0 Å². The summed E-state index contributed by atoms with van der Waals surface area (Å²) >= 11 is 6.23. The van der Waals surface area contributed by atoms with E-state index in [2.05, 4.69) is 4.98 Å². The van der Waals surface area contributed by atoms with Gasteiger partial charge in [0.05, 0.1) is 13.7 Å². The van der Waals surface area contributed by atoms with Gasteiger partial charge in [-0.05, 0) is 54.3 Å². The molecule has 146 valence electrons. The number of nitrogens with zero attached hydrogens (tertiary/aromatic N) is 1. The molecule has 4 rings (SSSR count). The Balaban J connectivity index is 1.84. The highest BCUT2D eigenvalue weighted by atomic mass is 35.5. The van der Waals surface area contributed by atoms with E-state index in [1.54, 1.807) is 12.0 Å². The van der Waals surface area contributed by atoms with Gasteiger partial charge in [0.15, 0.2) is 0 Å². The number of methoxy groups -OCH3 is 1. The number of benzene rings is 2. The van der Waals surface area contributed by atoms with Crippen LogP contribution in [0.3, 0.4) is 0 Å². The van der Waals surface area contributed by atoms with Gasteiger partial charge in [-0.1, -0.05) is 30.7 Å². The van der Waals surface area contributed by atoms with Crippen LogP contribution in [0.15, 0.2) is 42.5 Å². The average molecular weight is 399 g/mol. The minimum Gasteiger partial charge on any atom is -0.497 e. The van der Waals surface area contributed by atoms with Gasteiger partial charge in [-0.3, -0.25) is 4.90 Å². The van der Waals surface area contributed by atoms with Crippen LogP contribution in [-0.4, -0.2) is 36.2 Å². The molecule has 0 spiro atoms. The lowest BCUT2D eigenvalue weighted by atomic mass is 9.92. The molecule has 2 heterocycles. The predicted molar refractivity (Wildman–Crippen MR) is 110 cm³/mol. The van der Waals surface area contributed by atoms with Crippen LogP contribution in [0.2, 0.25) is 5.02 Å². The molecule has 0 saturated carbocycles. The van der Waals surface area contributed by atoms with Crippen molar-refractivity contribution in [2.45, 2.75) is 25.8 Å². The van der Waals surface area contributed by atoms with Crippen LogP contribution in [0.5, 0.6) is 5.75 Å². The Kier molecular flexibility index (Phi) is 5.18. The third-order valence-electron chi connectivity index (χ3n) is 5.16. The molecular weight excluding hydrogens is 376 g/mol. The standard InChI is InChI=1S/C22H23ClN2O3/c1-3-11-28-22(26)25-10-9-17-18-13-15(23)7-8-19(18)24-20(17)21(25)14-5-4-6-16(12-14)27-2/h4-8,12-13,21,24H,3,9-11H2,1-2H3. The zero-order valence-electron chi connectivity index (χ0n) is 16.0. The second-order valence-electron chi connectivity index (χ2n) is 6.94. The first-order valence-electron chi connectivity index (χ1n) is 9.49. The van der Waals surface area contributed by atoms with Gasteiger partial charge in [0.1, 0.15) is 11.8 Å². The lowest BCUT2D eigenvalue weighted by molar-refractivity contribution is 0.0889. The topological polar surface area (TPSA) is 54.6 Å². The van der Waals surface area contributed by atoms with Gasteiger partial charge in [0.25, 0.3) is 0 Å². The summed E-state index contributed by atoms with van der Waals surface area (Å²) in [6.07, 6.45) is 1.24. The fourth-order valence-electron chi connectivity index (χ4n) is 3.89. The molecule has 0 fully saturated rings. The maximum absolute atomic E-state index is 12.8. The number of hydrogen-bond donors (Lipinski definition) is 1. The van der Waals surface area contributed by atoms with E-state index in [-0.39, 0.29) is 12.1 Å². The van der Waals surface area contributed by atoms with Gasteiger partial charge in [0.2, 0.25) is 0 Å². The summed E-state index contributed by atoms with van der Waals surface area (Å²) in [6, 6.07) is 13.4. The lowest BCUT2D eigenvalue weighted by Crippen LogP contribution is -2.41. The molecule has 2 aromatic carbocycles. The monoisotopic (exact) mass is 398 g/mol. The molecule has 1 atom stereocenters. The Morgan fingerprint density at radius 1 is 1.29 bits per heavy atom. The van der Waals surface area contributed by atoms with E-state index in [4.69, 9.17) is 21.1 Å². The molecule has 1 aromatic heterocycles. The second kappa shape index (κ2) is 7.76. The number of H-pyrrole nitrogens is 1. The number of carbonyl (C=O) groups excluding carboxylic acids is 1. The minimum atomic E-state index is -0.294. The Morgan fingerprint density at radius 3 is 2.93 bits per heavy atom. The first-order chi connectivity index (χ1) is 13.6. The smallest absolute Gasteiger partial charge is 0.410 e. The van der Waals surface area contributed by atoms with Crippen LogP contribution in [-0.2, 0) is 11.2 Å². The molecule has 0 saturated heterocycles. The summed E-state index contributed by atoms with van der Waals surface area (Å²) in [5.74, 6) is 0.755. The molecule has 0 aliphatic carbocycles. The van der Waals surface area contributed by atoms with Gasteiger partial charge in [0, 0.05) is 28.2 Å². The van der Waals surface area contributed by atoms with Crippen LogP contribution in [0, 0.1) is 0 Å². The number of amides is 1. The van der Waals surface area contributed by atoms with Crippen molar-refractivity contribution in [2.24, 2.45) is 0 Å². The number of aromatic amines is 1. The largest absolute Gasteiger partial charge is 0.497 e. The van der Waals surface area contributed by atoms with Gasteiger partial charge >= 0.3 is 6.09 Å². The van der Waals surface area contributed by atoms with Crippen molar-refractivity contribution >= 4 is 28.6 Å². The van der Waals surface area contributed by atoms with E-state index in [1.165, 1.54) is 5.56 Å². The molecule has 3 aromatic rings. The van der Waals surface area contributed by atoms with E-state index in [0.29, 0.717) is 18.2 Å². The van der Waals surface area contributed by atoms with Crippen LogP contribution < -0.4 is 4.74 Å². The fraction of sp³-hybridized carbons (Fsp3) is 0.318. The maximum atomic E-state index is 12.8. The van der Waals surface area contributed by atoms with Crippen molar-refractivity contribution in [2.75, 3.05) is 20.3 Å². The zero-order chi connectivity index (χ0) is 19.7. The van der Waals surface area contributed by atoms with E-state index in [1.807, 2.05) is 49.4 Å². The molecule has 1 N–H and O–H groups in total. The third kappa shape index (κ3) is 3.31. The fourth-order valence-corrected chi connectivity index (χ4v) is 4.06. The molecule has 1 aliphatic rings. The van der Waals surface area contributed by atoms with Gasteiger partial charge in [-0.2, -0.15) is 0 Å². The number of nitrogens with one attached hydrogen (secondary N) is 1. The molecule has 0 bridgehead atoms. The van der Waals surface area contributed by atoms with Crippen LogP contribution in [0.1, 0.15) is 36.2 Å². The number of carbonyl (C=O) groups is 1. The Labute approximate surface area is 169 Å². The van der Waals surface area contributed by atoms with Crippen LogP contribution in [0.4, 0.5) is 4.79 Å². The Morgan fingerprint density at radius 2 is 2.14 bits per heavy atom. The van der Waals surface area contributed by atoms with Crippen LogP contribution in [0.25, 0.3) is 10.9 Å². The number of hydrogen-bond acceptors (Lipinski definition) is 3. The normalized spacial score (nSPS) is 16.1. The van der Waals surface area contributed by atoms with Crippen molar-refractivity contribution < 1.29 is 14.3 Å². The van der Waals surface area contributed by atoms with Gasteiger partial charge < -0.3 is 14.5 Å². The van der Waals surface area contributed by atoms with Crippen LogP contribution >= 0.6 is 11.6 Å². The molecule has 28 heavy (non-hydrogen) atoms. The Hall–Kier alpha value is -2.66. The van der Waals surface area contributed by atoms with E-state index in [9.17, 15) is 4.79 Å². The lowest BCUT2D eigenvalue weighted by Gasteiger charge is -2.35. The van der Waals surface area contributed by atoms with Gasteiger partial charge in [-0.25, -0.2) is 4.79 Å². The predicted octanol–water partition coefficient (Wildman–Crippen LogP) is 5.32. The molecule has 0 radical (unpaired) electrons. The number of ether oxygens (including phenoxy) is 2. The molecule has 1 aliphatic heterocycles. The zero-order valence-corrected chi connectivity index (χ0v) is 16.8. The summed E-state index contributed by atoms with van der Waals surface area (Å²) in [5.41, 5.74) is 4.20. The SMILES string of the molecule is CCCOC(=O)N1CCc2c([nH]c3ccc(Cl)cc23)C1c1cccc(OC)c1. The summed E-state index contributed by atoms with van der Waals surface area (Å²) in [4.78, 5) is 18.1. The summed E-state index contributed by atoms with van der Waals surface area (Å²) in [5, 5.41) is 1.81. The summed E-state index contributed by atoms with van der Waals surface area (Å²) < 4.78 is 10.9. The highest BCUT2D eigenvalue weighted by Crippen LogP contribution is 2.40. The summed E-state index contributed by atoms with van der Waals surface area (Å²) in [6.45, 7) is 2.98. The van der Waals surface area contributed by atoms with Crippen molar-refractivity contribution in [3.8, 4) is 5.75 Å².